The van der Waals surface area contributed by atoms with Crippen LogP contribution in [0.2, 0.25) is 0 Å². The number of fused-ring (bicyclic) bond motifs is 1. The molecule has 0 aliphatic heterocycles. The third-order valence-corrected chi connectivity index (χ3v) is 3.03. The molecule has 0 saturated heterocycles. The molecule has 0 atom stereocenters. The summed E-state index contributed by atoms with van der Waals surface area (Å²) in [5, 5.41) is 0. The van der Waals surface area contributed by atoms with Gasteiger partial charge < -0.3 is 0 Å². The average Bonchev–Trinajstić information content (AvgIpc) is 2.71. The highest BCUT2D eigenvalue weighted by molar-refractivity contribution is 6.17. The molecule has 0 N–H and O–H groups in total. The summed E-state index contributed by atoms with van der Waals surface area (Å²) in [6.45, 7) is 0. The zero-order valence-corrected chi connectivity index (χ0v) is 9.61. The Hall–Kier alpha value is -0.930. The summed E-state index contributed by atoms with van der Waals surface area (Å²) in [5.74, 6) is 7.07. The third-order valence-electron chi connectivity index (χ3n) is 2.77. The van der Waals surface area contributed by atoms with Crippen molar-refractivity contribution in [1.82, 2.24) is 0 Å². The molecule has 78 valence electrons. The monoisotopic (exact) mass is 218 g/mol. The minimum atomic E-state index is 0.707. The molecule has 2 rings (SSSR count). The van der Waals surface area contributed by atoms with E-state index in [0.717, 1.165) is 18.4 Å². The van der Waals surface area contributed by atoms with Gasteiger partial charge in [0.1, 0.15) is 0 Å². The minimum absolute atomic E-state index is 0.707. The van der Waals surface area contributed by atoms with Crippen LogP contribution in [0, 0.1) is 11.8 Å². The van der Waals surface area contributed by atoms with Crippen LogP contribution >= 0.6 is 11.6 Å². The van der Waals surface area contributed by atoms with E-state index in [1.54, 1.807) is 0 Å². The maximum absolute atomic E-state index is 5.59. The van der Waals surface area contributed by atoms with E-state index in [9.17, 15) is 0 Å². The number of benzene rings is 1. The Kier molecular flexibility index (Phi) is 3.69. The first-order chi connectivity index (χ1) is 7.40. The fourth-order valence-corrected chi connectivity index (χ4v) is 2.10. The Morgan fingerprint density at radius 1 is 1.20 bits per heavy atom. The molecule has 1 aromatic carbocycles. The van der Waals surface area contributed by atoms with Crippen molar-refractivity contribution in [2.45, 2.75) is 32.1 Å². The summed E-state index contributed by atoms with van der Waals surface area (Å²) in [5.41, 5.74) is 4.17. The highest BCUT2D eigenvalue weighted by atomic mass is 35.5. The lowest BCUT2D eigenvalue weighted by atomic mass is 10.1. The number of hydrogen-bond donors (Lipinski definition) is 0. The van der Waals surface area contributed by atoms with Crippen LogP contribution in [0.3, 0.4) is 0 Å². The van der Waals surface area contributed by atoms with Gasteiger partial charge in [0.15, 0.2) is 0 Å². The van der Waals surface area contributed by atoms with Crippen molar-refractivity contribution in [3.8, 4) is 11.8 Å². The Labute approximate surface area is 96.6 Å². The van der Waals surface area contributed by atoms with Crippen LogP contribution in [-0.4, -0.2) is 5.88 Å². The molecular weight excluding hydrogens is 204 g/mol. The van der Waals surface area contributed by atoms with Crippen molar-refractivity contribution in [3.63, 3.8) is 0 Å². The van der Waals surface area contributed by atoms with Crippen molar-refractivity contribution in [2.75, 3.05) is 5.88 Å². The molecule has 1 aromatic rings. The highest BCUT2D eigenvalue weighted by Gasteiger charge is 2.09. The zero-order chi connectivity index (χ0) is 10.5. The predicted molar refractivity (Wildman–Crippen MR) is 65.3 cm³/mol. The van der Waals surface area contributed by atoms with Gasteiger partial charge in [0.25, 0.3) is 0 Å². The molecule has 0 saturated carbocycles. The standard InChI is InChI=1S/C14H15Cl/c15-10-3-1-2-5-12-8-9-13-6-4-7-14(13)11-12/h8-9,11H,1,3-4,6-7,10H2. The van der Waals surface area contributed by atoms with Crippen LogP contribution < -0.4 is 0 Å². The number of unbranched alkanes of at least 4 members (excludes halogenated alkanes) is 1. The second-order valence-corrected chi connectivity index (χ2v) is 4.31. The number of alkyl halides is 1. The van der Waals surface area contributed by atoms with E-state index in [0.29, 0.717) is 5.88 Å². The van der Waals surface area contributed by atoms with Gasteiger partial charge in [-0.3, -0.25) is 0 Å². The summed E-state index contributed by atoms with van der Waals surface area (Å²) in [7, 11) is 0. The second-order valence-electron chi connectivity index (χ2n) is 3.93. The van der Waals surface area contributed by atoms with Gasteiger partial charge in [-0.25, -0.2) is 0 Å². The maximum atomic E-state index is 5.59. The normalized spacial score (nSPS) is 13.1. The van der Waals surface area contributed by atoms with Gasteiger partial charge in [-0.15, -0.1) is 11.6 Å². The van der Waals surface area contributed by atoms with E-state index in [1.807, 2.05) is 0 Å². The van der Waals surface area contributed by atoms with E-state index >= 15 is 0 Å². The van der Waals surface area contributed by atoms with Crippen LogP contribution in [0.15, 0.2) is 18.2 Å². The Morgan fingerprint density at radius 3 is 2.93 bits per heavy atom. The van der Waals surface area contributed by atoms with Gasteiger partial charge in [0.05, 0.1) is 0 Å². The molecule has 0 amide bonds. The molecular formula is C14H15Cl. The van der Waals surface area contributed by atoms with Crippen molar-refractivity contribution in [3.05, 3.63) is 34.9 Å². The van der Waals surface area contributed by atoms with Crippen molar-refractivity contribution >= 4 is 11.6 Å². The number of rotatable bonds is 2. The minimum Gasteiger partial charge on any atom is -0.127 e. The first kappa shape index (κ1) is 10.6. The van der Waals surface area contributed by atoms with Crippen LogP contribution in [0.5, 0.6) is 0 Å². The van der Waals surface area contributed by atoms with Crippen LogP contribution in [-0.2, 0) is 12.8 Å². The molecule has 1 heteroatoms. The molecule has 0 radical (unpaired) electrons. The van der Waals surface area contributed by atoms with Gasteiger partial charge >= 0.3 is 0 Å². The Bertz CT molecular complexity index is 396. The SMILES string of the molecule is ClCCCC#Cc1ccc2c(c1)CCC2. The molecule has 0 fully saturated rings. The van der Waals surface area contributed by atoms with E-state index in [2.05, 4.69) is 30.0 Å². The van der Waals surface area contributed by atoms with Gasteiger partial charge in [-0.2, -0.15) is 0 Å². The van der Waals surface area contributed by atoms with Crippen LogP contribution in [0.25, 0.3) is 0 Å². The van der Waals surface area contributed by atoms with E-state index in [1.165, 1.54) is 30.4 Å². The second kappa shape index (κ2) is 5.24. The van der Waals surface area contributed by atoms with Crippen molar-refractivity contribution < 1.29 is 0 Å². The molecule has 15 heavy (non-hydrogen) atoms. The Morgan fingerprint density at radius 2 is 2.07 bits per heavy atom. The fraction of sp³-hybridized carbons (Fsp3) is 0.429. The first-order valence-electron chi connectivity index (χ1n) is 5.57. The maximum Gasteiger partial charge on any atom is 0.0248 e. The number of hydrogen-bond acceptors (Lipinski definition) is 0. The Balaban J connectivity index is 2.05. The van der Waals surface area contributed by atoms with Crippen LogP contribution in [0.4, 0.5) is 0 Å². The van der Waals surface area contributed by atoms with Crippen LogP contribution in [0.1, 0.15) is 36.0 Å². The first-order valence-corrected chi connectivity index (χ1v) is 6.10. The summed E-state index contributed by atoms with van der Waals surface area (Å²) in [4.78, 5) is 0. The lowest BCUT2D eigenvalue weighted by molar-refractivity contribution is 0.912. The number of aryl methyl sites for hydroxylation is 2. The molecule has 1 aliphatic rings. The summed E-state index contributed by atoms with van der Waals surface area (Å²) >= 11 is 5.59. The molecule has 1 aliphatic carbocycles. The summed E-state index contributed by atoms with van der Waals surface area (Å²) < 4.78 is 0. The van der Waals surface area contributed by atoms with Gasteiger partial charge in [0, 0.05) is 17.9 Å². The molecule has 0 aromatic heterocycles. The summed E-state index contributed by atoms with van der Waals surface area (Å²) in [6.07, 6.45) is 5.67. The van der Waals surface area contributed by atoms with Gasteiger partial charge in [0.2, 0.25) is 0 Å². The lowest BCUT2D eigenvalue weighted by Gasteiger charge is -1.98. The van der Waals surface area contributed by atoms with Crippen molar-refractivity contribution in [2.24, 2.45) is 0 Å². The molecule has 0 bridgehead atoms. The smallest absolute Gasteiger partial charge is 0.0248 e. The quantitative estimate of drug-likeness (QED) is 0.405. The predicted octanol–water partition coefficient (Wildman–Crippen LogP) is 3.55. The van der Waals surface area contributed by atoms with E-state index in [4.69, 9.17) is 11.6 Å². The lowest BCUT2D eigenvalue weighted by Crippen LogP contribution is -1.83. The highest BCUT2D eigenvalue weighted by Crippen LogP contribution is 2.22. The molecule has 0 unspecified atom stereocenters. The zero-order valence-electron chi connectivity index (χ0n) is 8.85. The fourth-order valence-electron chi connectivity index (χ4n) is 1.97. The average molecular weight is 219 g/mol. The van der Waals surface area contributed by atoms with E-state index < -0.39 is 0 Å². The summed E-state index contributed by atoms with van der Waals surface area (Å²) in [6, 6.07) is 6.61. The van der Waals surface area contributed by atoms with E-state index in [-0.39, 0.29) is 0 Å². The third kappa shape index (κ3) is 2.76. The molecule has 0 spiro atoms. The van der Waals surface area contributed by atoms with Gasteiger partial charge in [-0.1, -0.05) is 17.9 Å². The topological polar surface area (TPSA) is 0 Å². The molecule has 0 heterocycles. The number of halogens is 1. The molecule has 0 nitrogen and oxygen atoms in total. The largest absolute Gasteiger partial charge is 0.127 e. The van der Waals surface area contributed by atoms with Crippen molar-refractivity contribution in [1.29, 1.82) is 0 Å². The van der Waals surface area contributed by atoms with Gasteiger partial charge in [-0.05, 0) is 48.9 Å².